The van der Waals surface area contributed by atoms with Crippen molar-refractivity contribution < 1.29 is 9.72 Å². The van der Waals surface area contributed by atoms with Gasteiger partial charge in [0.2, 0.25) is 0 Å². The van der Waals surface area contributed by atoms with Gasteiger partial charge < -0.3 is 10.1 Å². The highest BCUT2D eigenvalue weighted by molar-refractivity contribution is 5.87. The van der Waals surface area contributed by atoms with Crippen molar-refractivity contribution in [3.05, 3.63) is 58.3 Å². The molecule has 5 heteroatoms. The summed E-state index contributed by atoms with van der Waals surface area (Å²) in [6, 6.07) is 9.90. The van der Waals surface area contributed by atoms with Crippen molar-refractivity contribution in [1.29, 1.82) is 0 Å². The van der Waals surface area contributed by atoms with E-state index in [2.05, 4.69) is 4.98 Å². The van der Waals surface area contributed by atoms with Gasteiger partial charge >= 0.3 is 5.82 Å². The number of carbonyl (C=O) groups excluding carboxylic acids is 1. The molecule has 0 aliphatic rings. The van der Waals surface area contributed by atoms with Gasteiger partial charge in [-0.1, -0.05) is 24.3 Å². The summed E-state index contributed by atoms with van der Waals surface area (Å²) in [4.78, 5) is 24.5. The smallest absolute Gasteiger partial charge is 0.358 e. The first-order valence-electron chi connectivity index (χ1n) is 4.87. The Morgan fingerprint density at radius 1 is 1.18 bits per heavy atom. The lowest BCUT2D eigenvalue weighted by atomic mass is 10.0. The summed E-state index contributed by atoms with van der Waals surface area (Å²) in [6.45, 7) is 0. The number of nitro groups is 1. The summed E-state index contributed by atoms with van der Waals surface area (Å²) in [5.74, 6) is -0.211. The number of carbonyl (C=O) groups is 1. The highest BCUT2D eigenvalue weighted by atomic mass is 16.6. The van der Waals surface area contributed by atoms with Crippen LogP contribution in [0.15, 0.2) is 42.6 Å². The molecule has 84 valence electrons. The second kappa shape index (κ2) is 4.52. The van der Waals surface area contributed by atoms with E-state index in [1.54, 1.807) is 30.3 Å². The Labute approximate surface area is 96.9 Å². The van der Waals surface area contributed by atoms with E-state index in [4.69, 9.17) is 0 Å². The summed E-state index contributed by atoms with van der Waals surface area (Å²) in [5, 5.41) is 10.5. The first-order chi connectivity index (χ1) is 8.22. The van der Waals surface area contributed by atoms with Crippen LogP contribution >= 0.6 is 0 Å². The monoisotopic (exact) mass is 228 g/mol. The zero-order valence-corrected chi connectivity index (χ0v) is 8.74. The van der Waals surface area contributed by atoms with Crippen LogP contribution in [-0.4, -0.2) is 16.2 Å². The molecule has 0 unspecified atom stereocenters. The minimum Gasteiger partial charge on any atom is -0.358 e. The van der Waals surface area contributed by atoms with E-state index in [-0.39, 0.29) is 5.82 Å². The molecule has 0 spiro atoms. The normalized spacial score (nSPS) is 9.88. The van der Waals surface area contributed by atoms with Gasteiger partial charge in [0, 0.05) is 17.2 Å². The molecule has 0 atom stereocenters. The van der Waals surface area contributed by atoms with Gasteiger partial charge in [0.15, 0.2) is 6.29 Å². The average molecular weight is 228 g/mol. The number of aldehydes is 1. The van der Waals surface area contributed by atoms with E-state index in [0.29, 0.717) is 16.7 Å². The van der Waals surface area contributed by atoms with Crippen molar-refractivity contribution >= 4 is 12.1 Å². The van der Waals surface area contributed by atoms with E-state index in [1.165, 1.54) is 12.3 Å². The van der Waals surface area contributed by atoms with E-state index in [1.807, 2.05) is 0 Å². The number of hydrogen-bond donors (Lipinski definition) is 0. The molecule has 0 radical (unpaired) electrons. The first kappa shape index (κ1) is 10.9. The lowest BCUT2D eigenvalue weighted by molar-refractivity contribution is -0.389. The highest BCUT2D eigenvalue weighted by Gasteiger charge is 2.09. The van der Waals surface area contributed by atoms with Crippen molar-refractivity contribution in [2.24, 2.45) is 0 Å². The molecular weight excluding hydrogens is 220 g/mol. The summed E-state index contributed by atoms with van der Waals surface area (Å²) < 4.78 is 0. The van der Waals surface area contributed by atoms with Crippen molar-refractivity contribution in [1.82, 2.24) is 4.98 Å². The van der Waals surface area contributed by atoms with Crippen molar-refractivity contribution in [3.8, 4) is 11.1 Å². The number of nitrogens with zero attached hydrogens (tertiary/aromatic N) is 2. The van der Waals surface area contributed by atoms with Crippen LogP contribution in [0.5, 0.6) is 0 Å². The maximum atomic E-state index is 10.8. The molecule has 1 aromatic heterocycles. The average Bonchev–Trinajstić information content (AvgIpc) is 2.39. The topological polar surface area (TPSA) is 73.1 Å². The number of hydrogen-bond acceptors (Lipinski definition) is 4. The summed E-state index contributed by atoms with van der Waals surface area (Å²) in [5.41, 5.74) is 1.92. The Morgan fingerprint density at radius 2 is 1.94 bits per heavy atom. The van der Waals surface area contributed by atoms with E-state index in [0.717, 1.165) is 6.29 Å². The van der Waals surface area contributed by atoms with E-state index >= 15 is 0 Å². The van der Waals surface area contributed by atoms with Crippen LogP contribution < -0.4 is 0 Å². The standard InChI is InChI=1S/C12H8N2O3/c15-8-10-3-1-2-4-11(10)9-5-6-12(13-7-9)14(16)17/h1-8H. The molecule has 0 saturated carbocycles. The molecule has 0 aliphatic carbocycles. The van der Waals surface area contributed by atoms with Gasteiger partial charge in [-0.2, -0.15) is 0 Å². The lowest BCUT2D eigenvalue weighted by Gasteiger charge is -2.02. The maximum Gasteiger partial charge on any atom is 0.363 e. The Kier molecular flexibility index (Phi) is 2.91. The van der Waals surface area contributed by atoms with Crippen molar-refractivity contribution in [2.75, 3.05) is 0 Å². The molecule has 0 aliphatic heterocycles. The third-order valence-corrected chi connectivity index (χ3v) is 2.33. The second-order valence-electron chi connectivity index (χ2n) is 3.37. The highest BCUT2D eigenvalue weighted by Crippen LogP contribution is 2.22. The molecule has 0 amide bonds. The van der Waals surface area contributed by atoms with Crippen molar-refractivity contribution in [2.45, 2.75) is 0 Å². The van der Waals surface area contributed by atoms with Crippen LogP contribution in [0.1, 0.15) is 10.4 Å². The lowest BCUT2D eigenvalue weighted by Crippen LogP contribution is -1.92. The van der Waals surface area contributed by atoms with Crippen LogP contribution in [-0.2, 0) is 0 Å². The van der Waals surface area contributed by atoms with Gasteiger partial charge in [0.05, 0.1) is 0 Å². The zero-order chi connectivity index (χ0) is 12.3. The van der Waals surface area contributed by atoms with Crippen LogP contribution in [0, 0.1) is 10.1 Å². The SMILES string of the molecule is O=Cc1ccccc1-c1ccc([N+](=O)[O-])nc1. The van der Waals surface area contributed by atoms with E-state index < -0.39 is 4.92 Å². The largest absolute Gasteiger partial charge is 0.363 e. The molecule has 17 heavy (non-hydrogen) atoms. The number of rotatable bonds is 3. The molecule has 1 aromatic carbocycles. The molecule has 0 bridgehead atoms. The predicted molar refractivity (Wildman–Crippen MR) is 61.7 cm³/mol. The molecule has 5 nitrogen and oxygen atoms in total. The third-order valence-electron chi connectivity index (χ3n) is 2.33. The van der Waals surface area contributed by atoms with Crippen LogP contribution in [0.25, 0.3) is 11.1 Å². The summed E-state index contributed by atoms with van der Waals surface area (Å²) in [7, 11) is 0. The van der Waals surface area contributed by atoms with Crippen LogP contribution in [0.4, 0.5) is 5.82 Å². The third kappa shape index (κ3) is 2.17. The minimum atomic E-state index is -0.560. The predicted octanol–water partition coefficient (Wildman–Crippen LogP) is 2.47. The molecule has 0 saturated heterocycles. The van der Waals surface area contributed by atoms with E-state index in [9.17, 15) is 14.9 Å². The van der Waals surface area contributed by atoms with Gasteiger partial charge in [0.25, 0.3) is 0 Å². The molecule has 2 rings (SSSR count). The maximum absolute atomic E-state index is 10.8. The Balaban J connectivity index is 2.46. The van der Waals surface area contributed by atoms with Crippen LogP contribution in [0.2, 0.25) is 0 Å². The summed E-state index contributed by atoms with van der Waals surface area (Å²) in [6.07, 6.45) is 2.14. The van der Waals surface area contributed by atoms with Gasteiger partial charge in [-0.3, -0.25) is 4.79 Å². The molecular formula is C12H8N2O3. The fourth-order valence-electron chi connectivity index (χ4n) is 1.52. The Bertz CT molecular complexity index is 564. The molecule has 1 heterocycles. The van der Waals surface area contributed by atoms with Gasteiger partial charge in [0.1, 0.15) is 6.20 Å². The van der Waals surface area contributed by atoms with Gasteiger partial charge in [-0.05, 0) is 21.5 Å². The molecule has 0 fully saturated rings. The van der Waals surface area contributed by atoms with Gasteiger partial charge in [-0.25, -0.2) is 0 Å². The van der Waals surface area contributed by atoms with Gasteiger partial charge in [-0.15, -0.1) is 0 Å². The first-order valence-corrected chi connectivity index (χ1v) is 4.87. The Hall–Kier alpha value is -2.56. The molecule has 0 N–H and O–H groups in total. The zero-order valence-electron chi connectivity index (χ0n) is 8.74. The quantitative estimate of drug-likeness (QED) is 0.459. The van der Waals surface area contributed by atoms with Crippen molar-refractivity contribution in [3.63, 3.8) is 0 Å². The number of aromatic nitrogens is 1. The molecule has 2 aromatic rings. The number of benzene rings is 1. The minimum absolute atomic E-state index is 0.211. The fourth-order valence-corrected chi connectivity index (χ4v) is 1.52. The number of pyridine rings is 1. The Morgan fingerprint density at radius 3 is 2.53 bits per heavy atom. The second-order valence-corrected chi connectivity index (χ2v) is 3.37. The fraction of sp³-hybridized carbons (Fsp3) is 0. The van der Waals surface area contributed by atoms with Crippen LogP contribution in [0.3, 0.4) is 0 Å². The summed E-state index contributed by atoms with van der Waals surface area (Å²) >= 11 is 0.